The van der Waals surface area contributed by atoms with E-state index in [4.69, 9.17) is 0 Å². The van der Waals surface area contributed by atoms with E-state index in [0.717, 1.165) is 31.5 Å². The minimum atomic E-state index is -0.932. The second kappa shape index (κ2) is 7.45. The summed E-state index contributed by atoms with van der Waals surface area (Å²) >= 11 is 0. The highest BCUT2D eigenvalue weighted by molar-refractivity contribution is 5.81. The van der Waals surface area contributed by atoms with Gasteiger partial charge in [-0.25, -0.2) is 0 Å². The molecular weight excluding hydrogens is 336 g/mol. The normalized spacial score (nSPS) is 28.7. The van der Waals surface area contributed by atoms with Gasteiger partial charge in [0.2, 0.25) is 5.91 Å². The lowest BCUT2D eigenvalue weighted by Gasteiger charge is -2.49. The Morgan fingerprint density at radius 3 is 2.37 bits per heavy atom. The van der Waals surface area contributed by atoms with Crippen molar-refractivity contribution >= 4 is 5.91 Å². The number of nitrogens with zero attached hydrogens (tertiary/aromatic N) is 1. The summed E-state index contributed by atoms with van der Waals surface area (Å²) in [4.78, 5) is 15.0. The molecule has 1 aliphatic heterocycles. The summed E-state index contributed by atoms with van der Waals surface area (Å²) < 4.78 is 0. The number of nitrogens with one attached hydrogen (secondary N) is 1. The van der Waals surface area contributed by atoms with Crippen LogP contribution in [0.4, 0.5) is 0 Å². The third kappa shape index (κ3) is 4.07. The van der Waals surface area contributed by atoms with Gasteiger partial charge in [-0.1, -0.05) is 60.7 Å². The molecule has 1 saturated carbocycles. The summed E-state index contributed by atoms with van der Waals surface area (Å²) in [5, 5.41) is 14.4. The number of carbonyl (C=O) groups is 1. The summed E-state index contributed by atoms with van der Waals surface area (Å²) in [6, 6.07) is 20.3. The Morgan fingerprint density at radius 1 is 1.11 bits per heavy atom. The number of rotatable bonds is 5. The van der Waals surface area contributed by atoms with Crippen molar-refractivity contribution in [3.63, 3.8) is 0 Å². The van der Waals surface area contributed by atoms with Crippen LogP contribution in [-0.2, 0) is 11.3 Å². The van der Waals surface area contributed by atoms with Crippen LogP contribution in [0.15, 0.2) is 60.7 Å². The molecule has 4 heteroatoms. The topological polar surface area (TPSA) is 52.6 Å². The summed E-state index contributed by atoms with van der Waals surface area (Å²) in [6.07, 6.45) is 2.56. The van der Waals surface area contributed by atoms with Crippen molar-refractivity contribution in [1.29, 1.82) is 0 Å². The summed E-state index contributed by atoms with van der Waals surface area (Å²) in [5.74, 6) is 0.212. The molecule has 27 heavy (non-hydrogen) atoms. The van der Waals surface area contributed by atoms with Crippen LogP contribution in [-0.4, -0.2) is 34.1 Å². The number of hydrogen-bond acceptors (Lipinski definition) is 3. The van der Waals surface area contributed by atoms with Crippen molar-refractivity contribution in [3.8, 4) is 0 Å². The van der Waals surface area contributed by atoms with Gasteiger partial charge >= 0.3 is 0 Å². The first-order valence-electron chi connectivity index (χ1n) is 9.90. The van der Waals surface area contributed by atoms with E-state index in [1.54, 1.807) is 0 Å². The molecule has 0 aromatic heterocycles. The van der Waals surface area contributed by atoms with Gasteiger partial charge in [0.25, 0.3) is 0 Å². The Hall–Kier alpha value is -2.17. The fourth-order valence-corrected chi connectivity index (χ4v) is 4.12. The van der Waals surface area contributed by atoms with Gasteiger partial charge in [0.05, 0.1) is 17.7 Å². The maximum absolute atomic E-state index is 12.6. The van der Waals surface area contributed by atoms with Gasteiger partial charge in [-0.05, 0) is 37.3 Å². The predicted molar refractivity (Wildman–Crippen MR) is 106 cm³/mol. The quantitative estimate of drug-likeness (QED) is 0.856. The molecule has 0 bridgehead atoms. The number of benzene rings is 2. The van der Waals surface area contributed by atoms with Gasteiger partial charge in [0.15, 0.2) is 0 Å². The van der Waals surface area contributed by atoms with Crippen molar-refractivity contribution < 1.29 is 9.90 Å². The number of hydrogen-bond donors (Lipinski definition) is 2. The zero-order valence-corrected chi connectivity index (χ0v) is 15.8. The van der Waals surface area contributed by atoms with E-state index in [9.17, 15) is 9.90 Å². The first-order chi connectivity index (χ1) is 13.0. The molecule has 2 aromatic carbocycles. The van der Waals surface area contributed by atoms with Crippen molar-refractivity contribution in [3.05, 3.63) is 71.8 Å². The molecule has 2 aromatic rings. The molecule has 1 aliphatic carbocycles. The minimum Gasteiger partial charge on any atom is -0.388 e. The number of carbonyl (C=O) groups excluding carboxylic acids is 1. The molecule has 2 fully saturated rings. The molecule has 4 rings (SSSR count). The largest absolute Gasteiger partial charge is 0.388 e. The third-order valence-electron chi connectivity index (χ3n) is 5.90. The third-order valence-corrected chi connectivity index (χ3v) is 5.90. The molecule has 1 heterocycles. The second-order valence-corrected chi connectivity index (χ2v) is 8.18. The SMILES string of the molecule is CC1(O)CCN(Cc2ccccc2)C(c2ccccc2)C1NC(=O)C1CC1. The average Bonchev–Trinajstić information content (AvgIpc) is 3.51. The second-order valence-electron chi connectivity index (χ2n) is 8.18. The smallest absolute Gasteiger partial charge is 0.223 e. The highest BCUT2D eigenvalue weighted by atomic mass is 16.3. The van der Waals surface area contributed by atoms with Crippen LogP contribution in [0.3, 0.4) is 0 Å². The van der Waals surface area contributed by atoms with E-state index < -0.39 is 5.60 Å². The number of likely N-dealkylation sites (tertiary alicyclic amines) is 1. The van der Waals surface area contributed by atoms with E-state index in [0.29, 0.717) is 6.42 Å². The van der Waals surface area contributed by atoms with Crippen LogP contribution in [0.2, 0.25) is 0 Å². The van der Waals surface area contributed by atoms with Gasteiger partial charge in [-0.15, -0.1) is 0 Å². The molecular formula is C23H28N2O2. The number of piperidine rings is 1. The van der Waals surface area contributed by atoms with Gasteiger partial charge in [-0.3, -0.25) is 9.69 Å². The summed E-state index contributed by atoms with van der Waals surface area (Å²) in [5.41, 5.74) is 1.44. The highest BCUT2D eigenvalue weighted by Gasteiger charge is 2.47. The molecule has 1 amide bonds. The molecule has 2 aliphatic rings. The molecule has 3 atom stereocenters. The van der Waals surface area contributed by atoms with Crippen LogP contribution < -0.4 is 5.32 Å². The van der Waals surface area contributed by atoms with E-state index >= 15 is 0 Å². The van der Waals surface area contributed by atoms with Gasteiger partial charge < -0.3 is 10.4 Å². The maximum atomic E-state index is 12.6. The van der Waals surface area contributed by atoms with Gasteiger partial charge in [0, 0.05) is 19.0 Å². The Kier molecular flexibility index (Phi) is 5.02. The molecule has 2 N–H and O–H groups in total. The highest BCUT2D eigenvalue weighted by Crippen LogP contribution is 2.39. The van der Waals surface area contributed by atoms with Gasteiger partial charge in [-0.2, -0.15) is 0 Å². The fraction of sp³-hybridized carbons (Fsp3) is 0.435. The van der Waals surface area contributed by atoms with Crippen molar-refractivity contribution in [2.24, 2.45) is 5.92 Å². The van der Waals surface area contributed by atoms with Crippen molar-refractivity contribution in [1.82, 2.24) is 10.2 Å². The average molecular weight is 364 g/mol. The van der Waals surface area contributed by atoms with E-state index in [1.807, 2.05) is 31.2 Å². The zero-order valence-electron chi connectivity index (χ0n) is 15.8. The van der Waals surface area contributed by atoms with E-state index in [-0.39, 0.29) is 23.9 Å². The van der Waals surface area contributed by atoms with Crippen molar-refractivity contribution in [2.45, 2.75) is 50.4 Å². The molecule has 0 radical (unpaired) electrons. The van der Waals surface area contributed by atoms with Gasteiger partial charge in [0.1, 0.15) is 0 Å². The fourth-order valence-electron chi connectivity index (χ4n) is 4.12. The molecule has 4 nitrogen and oxygen atoms in total. The number of amides is 1. The van der Waals surface area contributed by atoms with Crippen LogP contribution in [0.25, 0.3) is 0 Å². The minimum absolute atomic E-state index is 0.0575. The Labute approximate surface area is 161 Å². The first-order valence-corrected chi connectivity index (χ1v) is 9.90. The van der Waals surface area contributed by atoms with Crippen LogP contribution in [0.1, 0.15) is 43.4 Å². The lowest BCUT2D eigenvalue weighted by molar-refractivity contribution is -0.130. The predicted octanol–water partition coefficient (Wildman–Crippen LogP) is 3.28. The Balaban J connectivity index is 1.66. The lowest BCUT2D eigenvalue weighted by Crippen LogP contribution is -2.62. The monoisotopic (exact) mass is 364 g/mol. The molecule has 0 spiro atoms. The summed E-state index contributed by atoms with van der Waals surface area (Å²) in [7, 11) is 0. The van der Waals surface area contributed by atoms with Crippen LogP contribution >= 0.6 is 0 Å². The first kappa shape index (κ1) is 18.2. The van der Waals surface area contributed by atoms with E-state index in [1.165, 1.54) is 5.56 Å². The zero-order chi connectivity index (χ0) is 18.9. The Morgan fingerprint density at radius 2 is 1.74 bits per heavy atom. The maximum Gasteiger partial charge on any atom is 0.223 e. The molecule has 1 saturated heterocycles. The Bertz CT molecular complexity index is 771. The molecule has 3 unspecified atom stereocenters. The van der Waals surface area contributed by atoms with Crippen LogP contribution in [0.5, 0.6) is 0 Å². The lowest BCUT2D eigenvalue weighted by atomic mass is 9.79. The standard InChI is InChI=1S/C23H28N2O2/c1-23(27)14-15-25(16-17-8-4-2-5-9-17)20(18-10-6-3-7-11-18)21(23)24-22(26)19-12-13-19/h2-11,19-21,27H,12-16H2,1H3,(H,24,26). The van der Waals surface area contributed by atoms with E-state index in [2.05, 4.69) is 46.6 Å². The number of aliphatic hydroxyl groups is 1. The summed E-state index contributed by atoms with van der Waals surface area (Å²) in [6.45, 7) is 3.45. The van der Waals surface area contributed by atoms with Crippen LogP contribution in [0, 0.1) is 5.92 Å². The molecule has 142 valence electrons. The van der Waals surface area contributed by atoms with Crippen molar-refractivity contribution in [2.75, 3.05) is 6.54 Å².